The van der Waals surface area contributed by atoms with E-state index in [0.29, 0.717) is 20.2 Å². The Balaban J connectivity index is 2.30. The van der Waals surface area contributed by atoms with Crippen molar-refractivity contribution in [3.05, 3.63) is 55.7 Å². The molecule has 0 atom stereocenters. The number of amides is 1. The lowest BCUT2D eigenvalue weighted by Crippen LogP contribution is -2.13. The Morgan fingerprint density at radius 2 is 1.95 bits per heavy atom. The molecule has 0 saturated carbocycles. The fraction of sp³-hybridized carbons (Fsp3) is 0. The smallest absolute Gasteiger partial charge is 0.258 e. The first-order chi connectivity index (χ1) is 8.97. The molecule has 7 heteroatoms. The van der Waals surface area contributed by atoms with E-state index in [-0.39, 0.29) is 10.7 Å². The number of carbonyl (C=O) groups excluding carboxylic acids is 1. The summed E-state index contributed by atoms with van der Waals surface area (Å²) in [7, 11) is 0. The lowest BCUT2D eigenvalue weighted by atomic mass is 10.2. The molecule has 0 aliphatic heterocycles. The largest absolute Gasteiger partial charge is 0.320 e. The molecule has 0 unspecified atom stereocenters. The maximum atomic E-state index is 12.1. The number of benzene rings is 1. The predicted octanol–water partition coefficient (Wildman–Crippen LogP) is 5.06. The van der Waals surface area contributed by atoms with Crippen LogP contribution in [0.2, 0.25) is 15.2 Å². The molecule has 1 aromatic heterocycles. The third kappa shape index (κ3) is 3.60. The minimum absolute atomic E-state index is 0.110. The van der Waals surface area contributed by atoms with Crippen molar-refractivity contribution in [2.45, 2.75) is 0 Å². The second-order valence-electron chi connectivity index (χ2n) is 3.57. The molecule has 1 amide bonds. The summed E-state index contributed by atoms with van der Waals surface area (Å²) in [6.45, 7) is 0. The minimum atomic E-state index is -0.414. The number of carbonyl (C=O) groups is 1. The number of anilines is 1. The molecule has 1 heterocycles. The molecule has 0 radical (unpaired) electrons. The first-order valence-electron chi connectivity index (χ1n) is 5.05. The third-order valence-corrected chi connectivity index (χ3v) is 3.53. The summed E-state index contributed by atoms with van der Waals surface area (Å²) in [4.78, 5) is 16.0. The zero-order chi connectivity index (χ0) is 14.0. The van der Waals surface area contributed by atoms with Crippen molar-refractivity contribution in [1.29, 1.82) is 0 Å². The highest BCUT2D eigenvalue weighted by Crippen LogP contribution is 2.27. The van der Waals surface area contributed by atoms with Crippen LogP contribution in [0.4, 0.5) is 5.69 Å². The fourth-order valence-corrected chi connectivity index (χ4v) is 2.22. The average molecular weight is 380 g/mol. The van der Waals surface area contributed by atoms with Gasteiger partial charge in [0, 0.05) is 15.7 Å². The van der Waals surface area contributed by atoms with Gasteiger partial charge in [0.25, 0.3) is 5.91 Å². The Kier molecular flexibility index (Phi) is 4.68. The molecule has 3 nitrogen and oxygen atoms in total. The molecule has 0 fully saturated rings. The van der Waals surface area contributed by atoms with E-state index >= 15 is 0 Å². The molecule has 0 spiro atoms. The van der Waals surface area contributed by atoms with Gasteiger partial charge in [-0.2, -0.15) is 0 Å². The van der Waals surface area contributed by atoms with Crippen molar-refractivity contribution in [2.24, 2.45) is 0 Å². The van der Waals surface area contributed by atoms with Crippen molar-refractivity contribution in [2.75, 3.05) is 5.32 Å². The van der Waals surface area contributed by atoms with E-state index in [4.69, 9.17) is 34.8 Å². The summed E-state index contributed by atoms with van der Waals surface area (Å²) in [5.74, 6) is -0.414. The summed E-state index contributed by atoms with van der Waals surface area (Å²) in [6.07, 6.45) is 1.51. The fourth-order valence-electron chi connectivity index (χ4n) is 1.36. The van der Waals surface area contributed by atoms with Crippen molar-refractivity contribution in [3.8, 4) is 0 Å². The van der Waals surface area contributed by atoms with Crippen LogP contribution in [0.15, 0.2) is 34.9 Å². The number of nitrogens with zero attached hydrogens (tertiary/aromatic N) is 1. The second kappa shape index (κ2) is 6.09. The first-order valence-corrected chi connectivity index (χ1v) is 6.97. The van der Waals surface area contributed by atoms with E-state index in [1.54, 1.807) is 24.3 Å². The molecule has 0 bridgehead atoms. The number of rotatable bonds is 2. The molecule has 98 valence electrons. The summed E-state index contributed by atoms with van der Waals surface area (Å²) in [5, 5.41) is 3.60. The van der Waals surface area contributed by atoms with Gasteiger partial charge < -0.3 is 5.32 Å². The zero-order valence-corrected chi connectivity index (χ0v) is 13.1. The molecule has 1 aromatic carbocycles. The van der Waals surface area contributed by atoms with Gasteiger partial charge in [0.15, 0.2) is 0 Å². The molecule has 2 rings (SSSR count). The lowest BCUT2D eigenvalue weighted by Gasteiger charge is -2.08. The highest BCUT2D eigenvalue weighted by atomic mass is 79.9. The van der Waals surface area contributed by atoms with Gasteiger partial charge in [-0.25, -0.2) is 4.98 Å². The second-order valence-corrected chi connectivity index (χ2v) is 5.69. The Morgan fingerprint density at radius 1 is 1.21 bits per heavy atom. The Labute approximate surface area is 133 Å². The topological polar surface area (TPSA) is 42.0 Å². The van der Waals surface area contributed by atoms with Crippen molar-refractivity contribution >= 4 is 62.3 Å². The number of halogens is 4. The lowest BCUT2D eigenvalue weighted by molar-refractivity contribution is 0.102. The van der Waals surface area contributed by atoms with Crippen LogP contribution in [0.1, 0.15) is 10.4 Å². The third-order valence-electron chi connectivity index (χ3n) is 2.23. The Hall–Kier alpha value is -0.810. The van der Waals surface area contributed by atoms with Gasteiger partial charge in [-0.1, -0.05) is 34.8 Å². The van der Waals surface area contributed by atoms with E-state index in [9.17, 15) is 4.79 Å². The van der Waals surface area contributed by atoms with Gasteiger partial charge in [-0.15, -0.1) is 0 Å². The highest BCUT2D eigenvalue weighted by molar-refractivity contribution is 9.10. The highest BCUT2D eigenvalue weighted by Gasteiger charge is 2.14. The van der Waals surface area contributed by atoms with Gasteiger partial charge in [-0.3, -0.25) is 4.79 Å². The van der Waals surface area contributed by atoms with E-state index < -0.39 is 5.91 Å². The Morgan fingerprint density at radius 3 is 2.68 bits per heavy atom. The maximum absolute atomic E-state index is 12.1. The molecule has 0 aliphatic rings. The Bertz CT molecular complexity index is 649. The molecule has 1 N–H and O–H groups in total. The molecule has 19 heavy (non-hydrogen) atoms. The summed E-state index contributed by atoms with van der Waals surface area (Å²) >= 11 is 20.9. The zero-order valence-electron chi connectivity index (χ0n) is 9.25. The van der Waals surface area contributed by atoms with Crippen molar-refractivity contribution in [3.63, 3.8) is 0 Å². The number of aromatic nitrogens is 1. The summed E-state index contributed by atoms with van der Waals surface area (Å²) in [5.41, 5.74) is 0.655. The molecular formula is C12H6BrCl3N2O. The van der Waals surface area contributed by atoms with Gasteiger partial charge in [0.2, 0.25) is 0 Å². The molecule has 0 saturated heterocycles. The van der Waals surface area contributed by atoms with Gasteiger partial charge in [0.05, 0.1) is 16.3 Å². The molecule has 0 aliphatic carbocycles. The number of nitrogens with one attached hydrogen (secondary N) is 1. The normalized spacial score (nSPS) is 10.3. The van der Waals surface area contributed by atoms with Crippen LogP contribution in [0, 0.1) is 0 Å². The van der Waals surface area contributed by atoms with E-state index in [1.165, 1.54) is 6.20 Å². The van der Waals surface area contributed by atoms with E-state index in [0.717, 1.165) is 0 Å². The maximum Gasteiger partial charge on any atom is 0.258 e. The van der Waals surface area contributed by atoms with Crippen LogP contribution in [0.25, 0.3) is 0 Å². The first kappa shape index (κ1) is 14.6. The predicted molar refractivity (Wildman–Crippen MR) is 81.4 cm³/mol. The number of hydrogen-bond acceptors (Lipinski definition) is 2. The van der Waals surface area contributed by atoms with Crippen molar-refractivity contribution < 1.29 is 4.79 Å². The van der Waals surface area contributed by atoms with Crippen LogP contribution in [0.5, 0.6) is 0 Å². The van der Waals surface area contributed by atoms with Crippen molar-refractivity contribution in [1.82, 2.24) is 4.98 Å². The molecule has 2 aromatic rings. The van der Waals surface area contributed by atoms with E-state index in [1.807, 2.05) is 0 Å². The van der Waals surface area contributed by atoms with Crippen LogP contribution in [-0.4, -0.2) is 10.9 Å². The van der Waals surface area contributed by atoms with Gasteiger partial charge in [0.1, 0.15) is 5.15 Å². The monoisotopic (exact) mass is 378 g/mol. The number of pyridine rings is 1. The van der Waals surface area contributed by atoms with Crippen LogP contribution in [-0.2, 0) is 0 Å². The minimum Gasteiger partial charge on any atom is -0.320 e. The van der Waals surface area contributed by atoms with Gasteiger partial charge >= 0.3 is 0 Å². The SMILES string of the molecule is O=C(Nc1cc(Cl)ccc1Cl)c1cc(Br)cnc1Cl. The standard InChI is InChI=1S/C12H6BrCl3N2O/c13-6-3-8(11(16)17-5-6)12(19)18-10-4-7(14)1-2-9(10)15/h1-5H,(H,18,19). The van der Waals surface area contributed by atoms with Crippen LogP contribution >= 0.6 is 50.7 Å². The summed E-state index contributed by atoms with van der Waals surface area (Å²) in [6, 6.07) is 6.36. The van der Waals surface area contributed by atoms with Crippen LogP contribution < -0.4 is 5.32 Å². The van der Waals surface area contributed by atoms with E-state index in [2.05, 4.69) is 26.2 Å². The van der Waals surface area contributed by atoms with Crippen LogP contribution in [0.3, 0.4) is 0 Å². The summed E-state index contributed by atoms with van der Waals surface area (Å²) < 4.78 is 0.652. The quantitative estimate of drug-likeness (QED) is 0.740. The van der Waals surface area contributed by atoms with Gasteiger partial charge in [-0.05, 0) is 40.2 Å². The average Bonchev–Trinajstić information content (AvgIpc) is 2.36. The molecular weight excluding hydrogens is 374 g/mol. The number of hydrogen-bond donors (Lipinski definition) is 1.